The zero-order chi connectivity index (χ0) is 18.7. The van der Waals surface area contributed by atoms with Crippen molar-refractivity contribution in [3.8, 4) is 34.3 Å². The minimum atomic E-state index is -0.361. The van der Waals surface area contributed by atoms with E-state index in [0.29, 0.717) is 44.8 Å². The summed E-state index contributed by atoms with van der Waals surface area (Å²) in [5.41, 5.74) is 1.41. The average Bonchev–Trinajstić information content (AvgIpc) is 3.26. The summed E-state index contributed by atoms with van der Waals surface area (Å²) in [7, 11) is 0. The number of rotatable bonds is 2. The van der Waals surface area contributed by atoms with Crippen LogP contribution in [0.25, 0.3) is 22.2 Å². The molecule has 0 spiro atoms. The van der Waals surface area contributed by atoms with E-state index >= 15 is 0 Å². The molecule has 138 valence electrons. The van der Waals surface area contributed by atoms with Crippen molar-refractivity contribution in [2.45, 2.75) is 19.9 Å². The van der Waals surface area contributed by atoms with Crippen LogP contribution in [0.1, 0.15) is 19.9 Å². The largest absolute Gasteiger partial charge is 0.454 e. The SMILES string of the molecule is CC(C)n1c(=O)nc(-c2cc3c(cc2Cl)OCO3)c2cc3c(cc21)OCO3. The summed E-state index contributed by atoms with van der Waals surface area (Å²) in [5, 5.41) is 1.17. The van der Waals surface area contributed by atoms with Gasteiger partial charge in [0.1, 0.15) is 0 Å². The molecule has 3 aromatic rings. The maximum absolute atomic E-state index is 12.8. The molecule has 8 heteroatoms. The second-order valence-electron chi connectivity index (χ2n) is 6.61. The topological polar surface area (TPSA) is 71.8 Å². The van der Waals surface area contributed by atoms with E-state index in [2.05, 4.69) is 4.98 Å². The van der Waals surface area contributed by atoms with Crippen molar-refractivity contribution in [2.75, 3.05) is 13.6 Å². The Morgan fingerprint density at radius 1 is 0.963 bits per heavy atom. The van der Waals surface area contributed by atoms with Gasteiger partial charge in [0.05, 0.1) is 16.2 Å². The number of halogens is 1. The molecule has 2 aliphatic heterocycles. The molecule has 0 aliphatic carbocycles. The maximum Gasteiger partial charge on any atom is 0.348 e. The summed E-state index contributed by atoms with van der Waals surface area (Å²) in [6, 6.07) is 6.99. The van der Waals surface area contributed by atoms with E-state index in [1.807, 2.05) is 26.0 Å². The zero-order valence-corrected chi connectivity index (χ0v) is 15.4. The Hall–Kier alpha value is -2.93. The molecule has 0 N–H and O–H groups in total. The van der Waals surface area contributed by atoms with Gasteiger partial charge in [-0.1, -0.05) is 11.6 Å². The minimum absolute atomic E-state index is 0.0749. The number of hydrogen-bond donors (Lipinski definition) is 0. The molecule has 0 amide bonds. The first kappa shape index (κ1) is 16.3. The lowest BCUT2D eigenvalue weighted by molar-refractivity contribution is 0.173. The zero-order valence-electron chi connectivity index (χ0n) is 14.6. The van der Waals surface area contributed by atoms with E-state index in [4.69, 9.17) is 30.5 Å². The minimum Gasteiger partial charge on any atom is -0.454 e. The summed E-state index contributed by atoms with van der Waals surface area (Å²) in [5.74, 6) is 2.35. The van der Waals surface area contributed by atoms with Gasteiger partial charge in [-0.15, -0.1) is 0 Å². The van der Waals surface area contributed by atoms with Crippen LogP contribution in [0.4, 0.5) is 0 Å². The van der Waals surface area contributed by atoms with Crippen molar-refractivity contribution in [3.05, 3.63) is 39.8 Å². The van der Waals surface area contributed by atoms with E-state index in [1.165, 1.54) is 0 Å². The quantitative estimate of drug-likeness (QED) is 0.667. The Bertz CT molecular complexity index is 1160. The van der Waals surface area contributed by atoms with E-state index in [9.17, 15) is 4.79 Å². The molecule has 0 unspecified atom stereocenters. The van der Waals surface area contributed by atoms with Crippen LogP contribution in [0.5, 0.6) is 23.0 Å². The fraction of sp³-hybridized carbons (Fsp3) is 0.263. The Morgan fingerprint density at radius 2 is 1.56 bits per heavy atom. The molecule has 0 saturated carbocycles. The van der Waals surface area contributed by atoms with E-state index in [0.717, 1.165) is 5.39 Å². The summed E-state index contributed by atoms with van der Waals surface area (Å²) in [6.45, 7) is 4.14. The van der Waals surface area contributed by atoms with Crippen molar-refractivity contribution in [2.24, 2.45) is 0 Å². The average molecular weight is 387 g/mol. The second-order valence-corrected chi connectivity index (χ2v) is 7.02. The van der Waals surface area contributed by atoms with Crippen molar-refractivity contribution in [1.82, 2.24) is 9.55 Å². The van der Waals surface area contributed by atoms with E-state index in [1.54, 1.807) is 16.7 Å². The summed E-state index contributed by atoms with van der Waals surface area (Å²) >= 11 is 6.47. The molecule has 0 atom stereocenters. The number of fused-ring (bicyclic) bond motifs is 3. The van der Waals surface area contributed by atoms with Crippen LogP contribution in [0.15, 0.2) is 29.1 Å². The van der Waals surface area contributed by atoms with Gasteiger partial charge >= 0.3 is 5.69 Å². The normalized spacial score (nSPS) is 14.4. The Morgan fingerprint density at radius 3 is 2.22 bits per heavy atom. The third-order valence-corrected chi connectivity index (χ3v) is 4.97. The molecule has 3 heterocycles. The van der Waals surface area contributed by atoms with Crippen LogP contribution in [0, 0.1) is 0 Å². The lowest BCUT2D eigenvalue weighted by Gasteiger charge is -2.16. The summed E-state index contributed by atoms with van der Waals surface area (Å²) < 4.78 is 23.5. The molecular weight excluding hydrogens is 372 g/mol. The molecule has 7 nitrogen and oxygen atoms in total. The number of hydrogen-bond acceptors (Lipinski definition) is 6. The third kappa shape index (κ3) is 2.42. The molecular formula is C19H15ClN2O5. The van der Waals surface area contributed by atoms with E-state index in [-0.39, 0.29) is 25.3 Å². The van der Waals surface area contributed by atoms with Gasteiger partial charge in [-0.05, 0) is 26.0 Å². The van der Waals surface area contributed by atoms with Gasteiger partial charge in [-0.3, -0.25) is 4.57 Å². The predicted octanol–water partition coefficient (Wildman–Crippen LogP) is 3.76. The van der Waals surface area contributed by atoms with Gasteiger partial charge in [0.2, 0.25) is 13.6 Å². The van der Waals surface area contributed by atoms with Gasteiger partial charge in [0, 0.05) is 29.1 Å². The number of ether oxygens (including phenoxy) is 4. The highest BCUT2D eigenvalue weighted by Gasteiger charge is 2.24. The number of nitrogens with zero attached hydrogens (tertiary/aromatic N) is 2. The van der Waals surface area contributed by atoms with Gasteiger partial charge in [0.25, 0.3) is 0 Å². The first-order chi connectivity index (χ1) is 13.0. The smallest absolute Gasteiger partial charge is 0.348 e. The fourth-order valence-corrected chi connectivity index (χ4v) is 3.68. The van der Waals surface area contributed by atoms with Gasteiger partial charge in [-0.25, -0.2) is 4.79 Å². The first-order valence-electron chi connectivity index (χ1n) is 8.48. The Balaban J connectivity index is 1.86. The highest BCUT2D eigenvalue weighted by atomic mass is 35.5. The Kier molecular flexibility index (Phi) is 3.48. The lowest BCUT2D eigenvalue weighted by atomic mass is 10.0. The molecule has 27 heavy (non-hydrogen) atoms. The third-order valence-electron chi connectivity index (χ3n) is 4.65. The van der Waals surface area contributed by atoms with Crippen molar-refractivity contribution >= 4 is 22.5 Å². The van der Waals surface area contributed by atoms with Crippen molar-refractivity contribution < 1.29 is 18.9 Å². The summed E-state index contributed by atoms with van der Waals surface area (Å²) in [6.07, 6.45) is 0. The maximum atomic E-state index is 12.8. The second kappa shape index (κ2) is 5.79. The standard InChI is InChI=1S/C19H15ClN2O5/c1-9(2)22-13-6-17-15(25-8-27-17)4-11(13)18(21-19(22)23)10-3-14-16(5-12(10)20)26-7-24-14/h3-6,9H,7-8H2,1-2H3. The lowest BCUT2D eigenvalue weighted by Crippen LogP contribution is -2.25. The molecule has 0 fully saturated rings. The fourth-order valence-electron chi connectivity index (χ4n) is 3.44. The van der Waals surface area contributed by atoms with E-state index < -0.39 is 0 Å². The molecule has 0 radical (unpaired) electrons. The van der Waals surface area contributed by atoms with Crippen LogP contribution in [0.3, 0.4) is 0 Å². The number of benzene rings is 2. The van der Waals surface area contributed by atoms with Crippen LogP contribution in [-0.4, -0.2) is 23.1 Å². The van der Waals surface area contributed by atoms with Crippen LogP contribution < -0.4 is 24.6 Å². The monoisotopic (exact) mass is 386 g/mol. The molecule has 2 aliphatic rings. The first-order valence-corrected chi connectivity index (χ1v) is 8.86. The molecule has 5 rings (SSSR count). The predicted molar refractivity (Wildman–Crippen MR) is 99.1 cm³/mol. The van der Waals surface area contributed by atoms with Gasteiger partial charge in [-0.2, -0.15) is 4.98 Å². The highest BCUT2D eigenvalue weighted by molar-refractivity contribution is 6.34. The number of aromatic nitrogens is 2. The van der Waals surface area contributed by atoms with Crippen molar-refractivity contribution in [1.29, 1.82) is 0 Å². The van der Waals surface area contributed by atoms with Crippen LogP contribution >= 0.6 is 11.6 Å². The molecule has 0 saturated heterocycles. The highest BCUT2D eigenvalue weighted by Crippen LogP contribution is 2.44. The Labute approximate surface area is 159 Å². The molecule has 0 bridgehead atoms. The van der Waals surface area contributed by atoms with Crippen LogP contribution in [0.2, 0.25) is 5.02 Å². The van der Waals surface area contributed by atoms with Gasteiger partial charge < -0.3 is 18.9 Å². The molecule has 1 aromatic heterocycles. The van der Waals surface area contributed by atoms with Crippen LogP contribution in [-0.2, 0) is 0 Å². The van der Waals surface area contributed by atoms with Gasteiger partial charge in [0.15, 0.2) is 23.0 Å². The van der Waals surface area contributed by atoms with Crippen molar-refractivity contribution in [3.63, 3.8) is 0 Å². The summed E-state index contributed by atoms with van der Waals surface area (Å²) in [4.78, 5) is 17.1. The molecule has 2 aromatic carbocycles.